The van der Waals surface area contributed by atoms with Crippen LogP contribution in [0.3, 0.4) is 0 Å². The van der Waals surface area contributed by atoms with Gasteiger partial charge in [-0.2, -0.15) is 0 Å². The van der Waals surface area contributed by atoms with Crippen LogP contribution < -0.4 is 5.73 Å². The molecule has 1 aromatic heterocycles. The summed E-state index contributed by atoms with van der Waals surface area (Å²) in [5.41, 5.74) is 8.36. The monoisotopic (exact) mass is 281 g/mol. The second-order valence-electron chi connectivity index (χ2n) is 4.91. The summed E-state index contributed by atoms with van der Waals surface area (Å²) in [5.74, 6) is -0.0539. The molecule has 0 aliphatic carbocycles. The summed E-state index contributed by atoms with van der Waals surface area (Å²) in [6.45, 7) is 1.99. The van der Waals surface area contributed by atoms with Gasteiger partial charge in [0.15, 0.2) is 0 Å². The highest BCUT2D eigenvalue weighted by Crippen LogP contribution is 2.18. The first-order valence-electron chi connectivity index (χ1n) is 6.78. The summed E-state index contributed by atoms with van der Waals surface area (Å²) >= 11 is 0. The molecule has 2 rings (SSSR count). The van der Waals surface area contributed by atoms with Gasteiger partial charge >= 0.3 is 0 Å². The van der Waals surface area contributed by atoms with E-state index in [1.165, 1.54) is 0 Å². The second-order valence-corrected chi connectivity index (χ2v) is 4.91. The lowest BCUT2D eigenvalue weighted by Crippen LogP contribution is -2.27. The van der Waals surface area contributed by atoms with Crippen molar-refractivity contribution in [2.45, 2.75) is 13.0 Å². The van der Waals surface area contributed by atoms with Crippen LogP contribution >= 0.6 is 0 Å². The number of nitrogen functional groups attached to an aromatic ring is 1. The SMILES string of the molecule is CC(c1ccncc1)N(C)C(=O)/C=C/c1cccc(N)c1. The van der Waals surface area contributed by atoms with Crippen LogP contribution in [0.15, 0.2) is 54.9 Å². The lowest BCUT2D eigenvalue weighted by atomic mass is 10.1. The van der Waals surface area contributed by atoms with Crippen LogP contribution in [0.4, 0.5) is 5.69 Å². The maximum absolute atomic E-state index is 12.2. The molecule has 0 radical (unpaired) electrons. The zero-order valence-corrected chi connectivity index (χ0v) is 12.2. The number of carbonyl (C=O) groups excluding carboxylic acids is 1. The van der Waals surface area contributed by atoms with Crippen LogP contribution in [0.1, 0.15) is 24.1 Å². The van der Waals surface area contributed by atoms with Crippen molar-refractivity contribution < 1.29 is 4.79 Å². The summed E-state index contributed by atoms with van der Waals surface area (Å²) in [7, 11) is 1.79. The smallest absolute Gasteiger partial charge is 0.246 e. The highest BCUT2D eigenvalue weighted by molar-refractivity contribution is 5.92. The number of pyridine rings is 1. The lowest BCUT2D eigenvalue weighted by molar-refractivity contribution is -0.126. The molecule has 108 valence electrons. The van der Waals surface area contributed by atoms with E-state index in [2.05, 4.69) is 4.98 Å². The largest absolute Gasteiger partial charge is 0.399 e. The van der Waals surface area contributed by atoms with Gasteiger partial charge < -0.3 is 10.6 Å². The number of hydrogen-bond donors (Lipinski definition) is 1. The third-order valence-corrected chi connectivity index (χ3v) is 3.45. The maximum Gasteiger partial charge on any atom is 0.246 e. The maximum atomic E-state index is 12.2. The Bertz CT molecular complexity index is 637. The number of nitrogens with zero attached hydrogens (tertiary/aromatic N) is 2. The van der Waals surface area contributed by atoms with Crippen molar-refractivity contribution in [3.8, 4) is 0 Å². The molecule has 1 heterocycles. The van der Waals surface area contributed by atoms with E-state index in [0.717, 1.165) is 11.1 Å². The predicted octanol–water partition coefficient (Wildman–Crippen LogP) is 2.90. The van der Waals surface area contributed by atoms with E-state index in [0.29, 0.717) is 5.69 Å². The number of amides is 1. The Morgan fingerprint density at radius 1 is 1.29 bits per heavy atom. The van der Waals surface area contributed by atoms with E-state index in [1.807, 2.05) is 43.3 Å². The minimum atomic E-state index is -0.0539. The van der Waals surface area contributed by atoms with E-state index in [-0.39, 0.29) is 11.9 Å². The van der Waals surface area contributed by atoms with Gasteiger partial charge in [-0.15, -0.1) is 0 Å². The van der Waals surface area contributed by atoms with Crippen LogP contribution in [0.5, 0.6) is 0 Å². The lowest BCUT2D eigenvalue weighted by Gasteiger charge is -2.23. The average molecular weight is 281 g/mol. The molecule has 0 fully saturated rings. The van der Waals surface area contributed by atoms with Crippen LogP contribution in [-0.2, 0) is 4.79 Å². The van der Waals surface area contributed by atoms with Gasteiger partial charge in [0.2, 0.25) is 5.91 Å². The number of anilines is 1. The Balaban J connectivity index is 2.06. The van der Waals surface area contributed by atoms with E-state index >= 15 is 0 Å². The minimum Gasteiger partial charge on any atom is -0.399 e. The highest BCUT2D eigenvalue weighted by atomic mass is 16.2. The molecule has 0 saturated heterocycles. The summed E-state index contributed by atoms with van der Waals surface area (Å²) in [6.07, 6.45) is 6.79. The van der Waals surface area contributed by atoms with Gasteiger partial charge in [0.25, 0.3) is 0 Å². The van der Waals surface area contributed by atoms with Gasteiger partial charge in [0.05, 0.1) is 6.04 Å². The van der Waals surface area contributed by atoms with Crippen LogP contribution in [0, 0.1) is 0 Å². The molecule has 1 unspecified atom stereocenters. The number of carbonyl (C=O) groups is 1. The summed E-state index contributed by atoms with van der Waals surface area (Å²) < 4.78 is 0. The van der Waals surface area contributed by atoms with E-state index in [1.54, 1.807) is 36.5 Å². The van der Waals surface area contributed by atoms with E-state index in [9.17, 15) is 4.79 Å². The van der Waals surface area contributed by atoms with Crippen LogP contribution in [-0.4, -0.2) is 22.8 Å². The first-order chi connectivity index (χ1) is 10.1. The van der Waals surface area contributed by atoms with Crippen molar-refractivity contribution in [1.82, 2.24) is 9.88 Å². The Kier molecular flexibility index (Phi) is 4.72. The molecule has 2 aromatic rings. The number of hydrogen-bond acceptors (Lipinski definition) is 3. The fourth-order valence-corrected chi connectivity index (χ4v) is 2.00. The topological polar surface area (TPSA) is 59.2 Å². The standard InChI is InChI=1S/C17H19N3O/c1-13(15-8-10-19-11-9-15)20(2)17(21)7-6-14-4-3-5-16(18)12-14/h3-13H,18H2,1-2H3/b7-6+. The molecule has 4 nitrogen and oxygen atoms in total. The molecule has 1 amide bonds. The first kappa shape index (κ1) is 14.8. The third kappa shape index (κ3) is 3.92. The molecule has 0 saturated carbocycles. The summed E-state index contributed by atoms with van der Waals surface area (Å²) in [4.78, 5) is 17.9. The number of rotatable bonds is 4. The van der Waals surface area contributed by atoms with Crippen molar-refractivity contribution in [3.05, 3.63) is 66.0 Å². The molecule has 0 aliphatic heterocycles. The summed E-state index contributed by atoms with van der Waals surface area (Å²) in [6, 6.07) is 11.2. The fraction of sp³-hybridized carbons (Fsp3) is 0.176. The minimum absolute atomic E-state index is 0.00834. The molecular weight excluding hydrogens is 262 g/mol. The van der Waals surface area contributed by atoms with Crippen LogP contribution in [0.2, 0.25) is 0 Å². The normalized spacial score (nSPS) is 12.3. The van der Waals surface area contributed by atoms with Gasteiger partial charge in [-0.3, -0.25) is 9.78 Å². The fourth-order valence-electron chi connectivity index (χ4n) is 2.00. The van der Waals surface area contributed by atoms with Gasteiger partial charge in [-0.1, -0.05) is 12.1 Å². The van der Waals surface area contributed by atoms with Gasteiger partial charge in [0.1, 0.15) is 0 Å². The highest BCUT2D eigenvalue weighted by Gasteiger charge is 2.14. The molecule has 1 aromatic carbocycles. The molecule has 4 heteroatoms. The Hall–Kier alpha value is -2.62. The molecule has 0 aliphatic rings. The Labute approximate surface area is 124 Å². The van der Waals surface area contributed by atoms with Gasteiger partial charge in [-0.05, 0) is 48.4 Å². The van der Waals surface area contributed by atoms with Crippen molar-refractivity contribution in [2.75, 3.05) is 12.8 Å². The molecule has 1 atom stereocenters. The number of nitrogens with two attached hydrogens (primary N) is 1. The first-order valence-corrected chi connectivity index (χ1v) is 6.78. The quantitative estimate of drug-likeness (QED) is 0.692. The van der Waals surface area contributed by atoms with Crippen molar-refractivity contribution in [3.63, 3.8) is 0 Å². The zero-order chi connectivity index (χ0) is 15.2. The average Bonchev–Trinajstić information content (AvgIpc) is 2.52. The van der Waals surface area contributed by atoms with Crippen molar-refractivity contribution >= 4 is 17.7 Å². The number of aromatic nitrogens is 1. The molecule has 2 N–H and O–H groups in total. The summed E-state index contributed by atoms with van der Waals surface area (Å²) in [5, 5.41) is 0. The third-order valence-electron chi connectivity index (χ3n) is 3.45. The number of benzene rings is 1. The predicted molar refractivity (Wildman–Crippen MR) is 85.3 cm³/mol. The Morgan fingerprint density at radius 3 is 2.67 bits per heavy atom. The van der Waals surface area contributed by atoms with E-state index in [4.69, 9.17) is 5.73 Å². The molecule has 0 spiro atoms. The Morgan fingerprint density at radius 2 is 2.00 bits per heavy atom. The molecule has 0 bridgehead atoms. The second kappa shape index (κ2) is 6.70. The van der Waals surface area contributed by atoms with Gasteiger partial charge in [0, 0.05) is 31.2 Å². The molecular formula is C17H19N3O. The van der Waals surface area contributed by atoms with Crippen LogP contribution in [0.25, 0.3) is 6.08 Å². The van der Waals surface area contributed by atoms with Gasteiger partial charge in [-0.25, -0.2) is 0 Å². The van der Waals surface area contributed by atoms with E-state index < -0.39 is 0 Å². The number of likely N-dealkylation sites (N-methyl/N-ethyl adjacent to an activating group) is 1. The van der Waals surface area contributed by atoms with Crippen molar-refractivity contribution in [2.24, 2.45) is 0 Å². The molecule has 21 heavy (non-hydrogen) atoms. The zero-order valence-electron chi connectivity index (χ0n) is 12.2. The van der Waals surface area contributed by atoms with Crippen molar-refractivity contribution in [1.29, 1.82) is 0 Å².